The average Bonchev–Trinajstić information content (AvgIpc) is 3.99. The van der Waals surface area contributed by atoms with Gasteiger partial charge in [0.25, 0.3) is 5.69 Å². The second-order valence-electron chi connectivity index (χ2n) is 16.0. The molecule has 7 aromatic rings. The lowest BCUT2D eigenvalue weighted by molar-refractivity contribution is -0.384. The van der Waals surface area contributed by atoms with Gasteiger partial charge in [0.05, 0.1) is 45.4 Å². The smallest absolute Gasteiger partial charge is 0.421 e. The number of cyclic esters (lactones) is 1. The predicted octanol–water partition coefficient (Wildman–Crippen LogP) is 8.22. The number of para-hydroxylation sites is 2. The van der Waals surface area contributed by atoms with Gasteiger partial charge in [-0.3, -0.25) is 29.4 Å². The Hall–Kier alpha value is -7.79. The number of non-ortho nitro benzene ring substituents is 1. The highest BCUT2D eigenvalue weighted by Gasteiger charge is 2.75. The maximum absolute atomic E-state index is 16.2. The Morgan fingerprint density at radius 1 is 0.803 bits per heavy atom. The van der Waals surface area contributed by atoms with Crippen molar-refractivity contribution in [1.82, 2.24) is 9.88 Å². The average molecular weight is 902 g/mol. The van der Waals surface area contributed by atoms with Gasteiger partial charge >= 0.3 is 12.1 Å². The Balaban J connectivity index is 1.19. The molecular formula is C50H39N5O10S. The molecule has 3 amide bonds. The van der Waals surface area contributed by atoms with Crippen molar-refractivity contribution in [2.75, 3.05) is 23.4 Å². The summed E-state index contributed by atoms with van der Waals surface area (Å²) in [6.07, 6.45) is -1.99. The highest BCUT2D eigenvalue weighted by Crippen LogP contribution is 2.66. The third kappa shape index (κ3) is 7.11. The molecule has 1 aromatic heterocycles. The molecule has 6 atom stereocenters. The number of nitrogens with zero attached hydrogens (tertiary/aromatic N) is 4. The number of hydrogen-bond donors (Lipinski definition) is 2. The number of aliphatic hydroxyl groups is 1. The van der Waals surface area contributed by atoms with E-state index in [0.29, 0.717) is 33.5 Å². The molecule has 6 unspecified atom stereocenters. The number of benzene rings is 6. The third-order valence-corrected chi connectivity index (χ3v) is 13.4. The first kappa shape index (κ1) is 42.2. The second kappa shape index (κ2) is 17.3. The van der Waals surface area contributed by atoms with Crippen LogP contribution in [0.5, 0.6) is 5.75 Å². The van der Waals surface area contributed by atoms with Gasteiger partial charge in [-0.15, -0.1) is 0 Å². The molecule has 66 heavy (non-hydrogen) atoms. The zero-order valence-electron chi connectivity index (χ0n) is 34.8. The number of nitrogens with one attached hydrogen (secondary N) is 1. The monoisotopic (exact) mass is 901 g/mol. The number of carbonyl (C=O) groups excluding carboxylic acids is 4. The molecule has 2 saturated heterocycles. The molecule has 0 radical (unpaired) electrons. The number of thiazole rings is 1. The van der Waals surface area contributed by atoms with Crippen molar-refractivity contribution in [2.24, 2.45) is 5.92 Å². The van der Waals surface area contributed by atoms with E-state index in [1.165, 1.54) is 35.6 Å². The number of aliphatic hydroxyl groups excluding tert-OH is 1. The van der Waals surface area contributed by atoms with Gasteiger partial charge in [-0.25, -0.2) is 14.7 Å². The van der Waals surface area contributed by atoms with Crippen molar-refractivity contribution in [3.8, 4) is 5.75 Å². The van der Waals surface area contributed by atoms with Gasteiger partial charge in [-0.05, 0) is 70.3 Å². The van der Waals surface area contributed by atoms with E-state index in [-0.39, 0.29) is 36.3 Å². The SMILES string of the molecule is O=C1OC(c2ccccc2)C(c2ccccc2)N2C1C(C(=O)Nc1nc3ccccc3s1)C1(C(=O)N(C(=O)OCc3ccc([N+](=O)[O-])cc3)c3ccccc31)C2c1ccc(OCCO)cc1. The summed E-state index contributed by atoms with van der Waals surface area (Å²) in [7, 11) is 0. The predicted molar refractivity (Wildman–Crippen MR) is 242 cm³/mol. The first-order valence-corrected chi connectivity index (χ1v) is 21.9. The second-order valence-corrected chi connectivity index (χ2v) is 17.0. The zero-order chi connectivity index (χ0) is 45.5. The van der Waals surface area contributed by atoms with Crippen LogP contribution in [0.15, 0.2) is 158 Å². The first-order chi connectivity index (χ1) is 32.2. The van der Waals surface area contributed by atoms with Crippen LogP contribution in [0.25, 0.3) is 10.2 Å². The fourth-order valence-corrected chi connectivity index (χ4v) is 10.7. The minimum atomic E-state index is -2.03. The molecule has 2 N–H and O–H groups in total. The first-order valence-electron chi connectivity index (χ1n) is 21.1. The summed E-state index contributed by atoms with van der Waals surface area (Å²) >= 11 is 1.23. The number of hydrogen-bond acceptors (Lipinski definition) is 13. The van der Waals surface area contributed by atoms with Crippen molar-refractivity contribution in [3.63, 3.8) is 0 Å². The van der Waals surface area contributed by atoms with Crippen molar-refractivity contribution < 1.29 is 43.4 Å². The molecule has 3 aliphatic heterocycles. The number of anilines is 2. The van der Waals surface area contributed by atoms with Crippen molar-refractivity contribution >= 4 is 61.9 Å². The van der Waals surface area contributed by atoms with Crippen LogP contribution in [-0.4, -0.2) is 63.0 Å². The Morgan fingerprint density at radius 3 is 2.17 bits per heavy atom. The number of esters is 1. The van der Waals surface area contributed by atoms with Gasteiger partial charge in [0.15, 0.2) is 5.13 Å². The van der Waals surface area contributed by atoms with Gasteiger partial charge < -0.3 is 24.6 Å². The lowest BCUT2D eigenvalue weighted by Gasteiger charge is -2.46. The lowest BCUT2D eigenvalue weighted by Crippen LogP contribution is -2.54. The van der Waals surface area contributed by atoms with E-state index in [0.717, 1.165) is 15.2 Å². The van der Waals surface area contributed by atoms with Crippen LogP contribution in [-0.2, 0) is 35.9 Å². The molecule has 2 fully saturated rings. The summed E-state index contributed by atoms with van der Waals surface area (Å²) in [5.74, 6) is -3.42. The number of fused-ring (bicyclic) bond motifs is 4. The van der Waals surface area contributed by atoms with E-state index in [4.69, 9.17) is 14.2 Å². The quantitative estimate of drug-likeness (QED) is 0.0720. The molecule has 1 spiro atoms. The molecular weight excluding hydrogens is 863 g/mol. The number of carbonyl (C=O) groups is 4. The van der Waals surface area contributed by atoms with Crippen LogP contribution in [0.2, 0.25) is 0 Å². The van der Waals surface area contributed by atoms with Crippen molar-refractivity contribution in [3.05, 3.63) is 196 Å². The number of nitro benzene ring substituents is 1. The number of aromatic nitrogens is 1. The molecule has 0 aliphatic carbocycles. The maximum atomic E-state index is 16.2. The van der Waals surface area contributed by atoms with Crippen molar-refractivity contribution in [1.29, 1.82) is 0 Å². The molecule has 6 aromatic carbocycles. The Bertz CT molecular complexity index is 2960. The van der Waals surface area contributed by atoms with Crippen LogP contribution in [0, 0.1) is 16.0 Å². The zero-order valence-corrected chi connectivity index (χ0v) is 35.7. The van der Waals surface area contributed by atoms with Crippen LogP contribution >= 0.6 is 11.3 Å². The normalized spacial score (nSPS) is 22.1. The summed E-state index contributed by atoms with van der Waals surface area (Å²) in [5, 5.41) is 24.1. The van der Waals surface area contributed by atoms with Gasteiger partial charge in [-0.1, -0.05) is 114 Å². The lowest BCUT2D eigenvalue weighted by atomic mass is 9.65. The van der Waals surface area contributed by atoms with Crippen LogP contribution < -0.4 is 15.0 Å². The van der Waals surface area contributed by atoms with E-state index in [2.05, 4.69) is 10.3 Å². The topological polar surface area (TPSA) is 191 Å². The number of morpholine rings is 1. The maximum Gasteiger partial charge on any atom is 0.421 e. The fraction of sp³-hybridized carbons (Fsp3) is 0.180. The molecule has 4 heterocycles. The summed E-state index contributed by atoms with van der Waals surface area (Å²) in [5.41, 5.74) is 1.25. The largest absolute Gasteiger partial charge is 0.491 e. The summed E-state index contributed by atoms with van der Waals surface area (Å²) in [6, 6.07) is 41.7. The van der Waals surface area contributed by atoms with E-state index in [1.807, 2.05) is 89.8 Å². The Kier molecular flexibility index (Phi) is 11.1. The van der Waals surface area contributed by atoms with Crippen molar-refractivity contribution in [2.45, 2.75) is 36.3 Å². The molecule has 10 rings (SSSR count). The Labute approximate surface area is 380 Å². The van der Waals surface area contributed by atoms with Gasteiger partial charge in [0, 0.05) is 12.1 Å². The highest BCUT2D eigenvalue weighted by atomic mass is 32.1. The van der Waals surface area contributed by atoms with Gasteiger partial charge in [0.2, 0.25) is 11.8 Å². The van der Waals surface area contributed by atoms with E-state index < -0.39 is 64.4 Å². The van der Waals surface area contributed by atoms with E-state index >= 15 is 14.4 Å². The van der Waals surface area contributed by atoms with E-state index in [9.17, 15) is 20.0 Å². The molecule has 0 bridgehead atoms. The van der Waals surface area contributed by atoms with Crippen LogP contribution in [0.1, 0.15) is 46.0 Å². The fourth-order valence-electron chi connectivity index (χ4n) is 9.79. The number of imide groups is 1. The molecule has 3 aliphatic rings. The number of amides is 3. The minimum absolute atomic E-state index is 0.0262. The highest BCUT2D eigenvalue weighted by molar-refractivity contribution is 7.22. The third-order valence-electron chi connectivity index (χ3n) is 12.4. The van der Waals surface area contributed by atoms with Gasteiger partial charge in [-0.2, -0.15) is 0 Å². The van der Waals surface area contributed by atoms with Crippen LogP contribution in [0.3, 0.4) is 0 Å². The summed E-state index contributed by atoms with van der Waals surface area (Å²) < 4.78 is 18.9. The Morgan fingerprint density at radius 2 is 1.47 bits per heavy atom. The number of ether oxygens (including phenoxy) is 3. The molecule has 0 saturated carbocycles. The minimum Gasteiger partial charge on any atom is -0.491 e. The van der Waals surface area contributed by atoms with E-state index in [1.54, 1.807) is 48.5 Å². The molecule has 330 valence electrons. The van der Waals surface area contributed by atoms with Gasteiger partial charge in [0.1, 0.15) is 36.5 Å². The number of rotatable bonds is 11. The van der Waals surface area contributed by atoms with Crippen LogP contribution in [0.4, 0.5) is 21.3 Å². The summed E-state index contributed by atoms with van der Waals surface area (Å²) in [4.78, 5) is 80.0. The molecule has 15 nitrogen and oxygen atoms in total. The number of nitro groups is 1. The summed E-state index contributed by atoms with van der Waals surface area (Å²) in [6.45, 7) is -0.540. The standard InChI is InChI=1S/C50H39N5O10S/c56-27-28-63-35-25-21-33(22-26-35)44-50(36-15-7-9-17-38(36)53(47(50)59)49(60)64-29-30-19-23-34(24-20-30)55(61)62)40(45(57)52-48-51-37-16-8-10-18-39(37)66-48)42-46(58)65-43(32-13-5-2-6-14-32)41(54(42)44)31-11-3-1-4-12-31/h1-26,40-44,56H,27-29H2,(H,51,52,57). The molecule has 16 heteroatoms.